The molecule has 44 heavy (non-hydrogen) atoms. The molecule has 2 N–H and O–H groups in total. The average molecular weight is 652 g/mol. The maximum absolute atomic E-state index is 11.6. The summed E-state index contributed by atoms with van der Waals surface area (Å²) in [5.74, 6) is -0.623. The van der Waals surface area contributed by atoms with Crippen molar-refractivity contribution in [1.82, 2.24) is 19.9 Å². The number of thiol groups is 1. The van der Waals surface area contributed by atoms with Crippen LogP contribution >= 0.6 is 0 Å². The van der Waals surface area contributed by atoms with Gasteiger partial charge in [0.05, 0.1) is 22.8 Å². The minimum atomic E-state index is -0.875. The molecule has 0 aromatic carbocycles. The first-order chi connectivity index (χ1) is 20.5. The molecule has 0 saturated carbocycles. The second-order valence-corrected chi connectivity index (χ2v) is 12.8. The molecule has 1 atom stereocenters. The Kier molecular flexibility index (Phi) is 8.99. The number of aryl methyl sites for hydroxylation is 3. The summed E-state index contributed by atoms with van der Waals surface area (Å²) in [6.07, 6.45) is 1.43. The van der Waals surface area contributed by atoms with Crippen LogP contribution in [-0.2, 0) is 44.8 Å². The van der Waals surface area contributed by atoms with Crippen molar-refractivity contribution >= 4 is 68.1 Å². The summed E-state index contributed by atoms with van der Waals surface area (Å²) < 4.78 is 0. The molecule has 8 bridgehead atoms. The molecule has 3 aromatic rings. The SMILES string of the molecule is CCC1=C(C)c2cc3[n-]c(cc4nc(cc5[n-]c(cc1n2)c(C)c5CCC(=O)O)C(CCC(=O)O)=C4C)c(C)c3[C@H]1C[SH+]1.[Fe+2]. The zero-order chi connectivity index (χ0) is 30.6. The molecular weight excluding hydrogens is 616 g/mol. The minimum absolute atomic E-state index is 0. The van der Waals surface area contributed by atoms with Crippen molar-refractivity contribution in [3.63, 3.8) is 0 Å². The van der Waals surface area contributed by atoms with E-state index in [-0.39, 0.29) is 29.9 Å². The van der Waals surface area contributed by atoms with Crippen LogP contribution in [0.3, 0.4) is 0 Å². The Hall–Kier alpha value is -3.59. The smallest absolute Gasteiger partial charge is 0.657 e. The van der Waals surface area contributed by atoms with E-state index in [0.717, 1.165) is 84.8 Å². The van der Waals surface area contributed by atoms with Crippen LogP contribution in [0, 0.1) is 13.8 Å². The van der Waals surface area contributed by atoms with Gasteiger partial charge in [0.25, 0.3) is 0 Å². The van der Waals surface area contributed by atoms with Crippen LogP contribution in [0.4, 0.5) is 0 Å². The third-order valence-corrected chi connectivity index (χ3v) is 9.78. The molecule has 1 fully saturated rings. The van der Waals surface area contributed by atoms with Crippen LogP contribution in [-0.4, -0.2) is 37.9 Å². The Morgan fingerprint density at radius 2 is 1.27 bits per heavy atom. The van der Waals surface area contributed by atoms with Gasteiger partial charge >= 0.3 is 29.0 Å². The molecule has 0 radical (unpaired) electrons. The zero-order valence-electron chi connectivity index (χ0n) is 25.4. The number of hydrogen-bond donors (Lipinski definition) is 2. The van der Waals surface area contributed by atoms with E-state index in [4.69, 9.17) is 19.9 Å². The van der Waals surface area contributed by atoms with Crippen molar-refractivity contribution in [2.45, 2.75) is 72.0 Å². The van der Waals surface area contributed by atoms with Crippen LogP contribution in [0.15, 0.2) is 24.3 Å². The number of nitrogens with zero attached hydrogens (tertiary/aromatic N) is 4. The van der Waals surface area contributed by atoms with E-state index in [1.54, 1.807) is 0 Å². The van der Waals surface area contributed by atoms with E-state index in [0.29, 0.717) is 29.3 Å². The van der Waals surface area contributed by atoms with E-state index in [9.17, 15) is 19.8 Å². The largest absolute Gasteiger partial charge is 2.00 e. The number of allylic oxidation sites excluding steroid dienone is 4. The standard InChI is InChI=1S/C34H36N4O4S.Fe/c1-6-20-16(2)25-13-30-34(31-15-43-31)19(5)26(38-30)11-23-17(3)21(7-9-32(39)40)28(36-23)14-29-22(8-10-33(41)42)18(4)24(37-29)12-27(20)35-25;/h11-14,31H,6-10,15H2,1-5H3,(H4,35,36,37,38,39,40,41,42);/q;+2/p-1/t31-;/m1./s1. The quantitative estimate of drug-likeness (QED) is 0.127. The molecule has 1 saturated heterocycles. The summed E-state index contributed by atoms with van der Waals surface area (Å²) in [6.45, 7) is 10.3. The Labute approximate surface area is 271 Å². The second-order valence-electron chi connectivity index (χ2n) is 11.5. The Morgan fingerprint density at radius 1 is 0.773 bits per heavy atom. The van der Waals surface area contributed by atoms with Crippen molar-refractivity contribution in [3.05, 3.63) is 69.3 Å². The van der Waals surface area contributed by atoms with Crippen LogP contribution in [0.1, 0.15) is 96.7 Å². The van der Waals surface area contributed by atoms with Gasteiger partial charge in [0.2, 0.25) is 0 Å². The number of carboxylic acid groups (broad SMARTS) is 2. The fourth-order valence-electron chi connectivity index (χ4n) is 6.23. The van der Waals surface area contributed by atoms with Gasteiger partial charge in [-0.15, -0.1) is 22.1 Å². The Balaban J connectivity index is 0.00000384. The molecular formula is C34H35FeN4O4S+. The maximum atomic E-state index is 11.6. The van der Waals surface area contributed by atoms with Crippen molar-refractivity contribution in [3.8, 4) is 0 Å². The predicted octanol–water partition coefficient (Wildman–Crippen LogP) is 6.21. The first-order valence-corrected chi connectivity index (χ1v) is 15.8. The summed E-state index contributed by atoms with van der Waals surface area (Å²) in [6, 6.07) is 8.03. The minimum Gasteiger partial charge on any atom is -0.657 e. The van der Waals surface area contributed by atoms with E-state index in [1.165, 1.54) is 17.3 Å². The van der Waals surface area contributed by atoms with Gasteiger partial charge in [-0.1, -0.05) is 47.9 Å². The third-order valence-electron chi connectivity index (χ3n) is 8.79. The van der Waals surface area contributed by atoms with Crippen LogP contribution in [0.2, 0.25) is 0 Å². The van der Waals surface area contributed by atoms with E-state index >= 15 is 0 Å². The molecule has 0 aliphatic carbocycles. The normalized spacial score (nSPS) is 15.9. The fraction of sp³-hybridized carbons (Fsp3) is 0.353. The number of rotatable bonds is 8. The first-order valence-electron chi connectivity index (χ1n) is 14.7. The van der Waals surface area contributed by atoms with Gasteiger partial charge < -0.3 is 20.2 Å². The molecule has 3 aromatic heterocycles. The molecule has 8 nitrogen and oxygen atoms in total. The average Bonchev–Trinajstić information content (AvgIpc) is 3.50. The van der Waals surface area contributed by atoms with E-state index in [1.807, 2.05) is 32.0 Å². The second kappa shape index (κ2) is 12.4. The molecule has 0 amide bonds. The van der Waals surface area contributed by atoms with Crippen molar-refractivity contribution < 1.29 is 36.9 Å². The summed E-state index contributed by atoms with van der Waals surface area (Å²) in [7, 11) is 0. The fourth-order valence-corrected chi connectivity index (χ4v) is 7.03. The van der Waals surface area contributed by atoms with Gasteiger partial charge in [0.1, 0.15) is 0 Å². The molecule has 0 unspecified atom stereocenters. The number of hydrogen-bond acceptors (Lipinski definition) is 4. The van der Waals surface area contributed by atoms with Crippen LogP contribution in [0.25, 0.3) is 44.4 Å². The first kappa shape index (κ1) is 31.8. The maximum Gasteiger partial charge on any atom is 2.00 e. The summed E-state index contributed by atoms with van der Waals surface area (Å²) in [5.41, 5.74) is 14.7. The monoisotopic (exact) mass is 651 g/mol. The van der Waals surface area contributed by atoms with Gasteiger partial charge in [0.15, 0.2) is 11.0 Å². The number of carboxylic acids is 2. The van der Waals surface area contributed by atoms with Gasteiger partial charge in [0, 0.05) is 12.8 Å². The van der Waals surface area contributed by atoms with Gasteiger partial charge in [-0.25, -0.2) is 9.97 Å². The van der Waals surface area contributed by atoms with Crippen molar-refractivity contribution in [2.24, 2.45) is 0 Å². The predicted molar refractivity (Wildman–Crippen MR) is 173 cm³/mol. The zero-order valence-corrected chi connectivity index (χ0v) is 27.4. The summed E-state index contributed by atoms with van der Waals surface area (Å²) in [4.78, 5) is 43.3. The molecule has 6 heterocycles. The third kappa shape index (κ3) is 5.90. The number of carbonyl (C=O) groups is 2. The molecule has 3 aliphatic heterocycles. The van der Waals surface area contributed by atoms with Gasteiger partial charge in [-0.3, -0.25) is 9.59 Å². The number of aliphatic carboxylic acids is 2. The Bertz CT molecular complexity index is 1930. The van der Waals surface area contributed by atoms with Gasteiger partial charge in [-0.05, 0) is 86.6 Å². The van der Waals surface area contributed by atoms with Gasteiger partial charge in [-0.2, -0.15) is 0 Å². The number of aromatic nitrogens is 4. The summed E-state index contributed by atoms with van der Waals surface area (Å²) in [5, 5.41) is 19.4. The molecule has 0 spiro atoms. The van der Waals surface area contributed by atoms with Crippen molar-refractivity contribution in [1.29, 1.82) is 0 Å². The van der Waals surface area contributed by atoms with Crippen molar-refractivity contribution in [2.75, 3.05) is 5.75 Å². The van der Waals surface area contributed by atoms with Crippen LogP contribution < -0.4 is 9.97 Å². The number of fused-ring (bicyclic) bond motifs is 8. The molecule has 6 rings (SSSR count). The summed E-state index contributed by atoms with van der Waals surface area (Å²) >= 11 is 1.41. The van der Waals surface area contributed by atoms with E-state index in [2.05, 4.69) is 26.8 Å². The van der Waals surface area contributed by atoms with E-state index < -0.39 is 11.9 Å². The topological polar surface area (TPSA) is 129 Å². The Morgan fingerprint density at radius 3 is 1.89 bits per heavy atom. The molecule has 228 valence electrons. The van der Waals surface area contributed by atoms with Crippen LogP contribution in [0.5, 0.6) is 0 Å². The molecule has 3 aliphatic rings. The molecule has 10 heteroatoms.